The van der Waals surface area contributed by atoms with Gasteiger partial charge in [0, 0.05) is 13.1 Å². The van der Waals surface area contributed by atoms with Crippen LogP contribution in [0.3, 0.4) is 0 Å². The van der Waals surface area contributed by atoms with Crippen molar-refractivity contribution >= 4 is 11.9 Å². The molecule has 0 radical (unpaired) electrons. The minimum Gasteiger partial charge on any atom is -0.460 e. The first-order chi connectivity index (χ1) is 11.9. The summed E-state index contributed by atoms with van der Waals surface area (Å²) in [5, 5.41) is 9.46. The summed E-state index contributed by atoms with van der Waals surface area (Å²) in [5.41, 5.74) is 1.15. The van der Waals surface area contributed by atoms with Gasteiger partial charge in [-0.3, -0.25) is 9.59 Å². The lowest BCUT2D eigenvalue weighted by atomic mass is 9.90. The molecule has 1 amide bonds. The molecular formula is C18H19F3N2O3. The van der Waals surface area contributed by atoms with Crippen molar-refractivity contribution < 1.29 is 27.5 Å². The summed E-state index contributed by atoms with van der Waals surface area (Å²) in [6.07, 6.45) is -4.90. The normalized spacial score (nSPS) is 14.4. The van der Waals surface area contributed by atoms with Crippen LogP contribution in [-0.4, -0.2) is 35.1 Å². The Balaban J connectivity index is 2.25. The monoisotopic (exact) mass is 368 g/mol. The third-order valence-electron chi connectivity index (χ3n) is 3.89. The van der Waals surface area contributed by atoms with Crippen LogP contribution >= 0.6 is 0 Å². The molecule has 1 aliphatic heterocycles. The van der Waals surface area contributed by atoms with Gasteiger partial charge < -0.3 is 9.64 Å². The zero-order chi connectivity index (χ0) is 19.7. The molecule has 0 spiro atoms. The summed E-state index contributed by atoms with van der Waals surface area (Å²) in [5.74, 6) is -2.38. The number of benzene rings is 1. The summed E-state index contributed by atoms with van der Waals surface area (Å²) >= 11 is 0. The van der Waals surface area contributed by atoms with Gasteiger partial charge in [-0.15, -0.1) is 0 Å². The van der Waals surface area contributed by atoms with E-state index in [1.165, 1.54) is 6.07 Å². The fraction of sp³-hybridized carbons (Fsp3) is 0.500. The first kappa shape index (κ1) is 19.8. The predicted octanol–water partition coefficient (Wildman–Crippen LogP) is 2.89. The van der Waals surface area contributed by atoms with Crippen LogP contribution in [0.2, 0.25) is 0 Å². The van der Waals surface area contributed by atoms with Gasteiger partial charge >= 0.3 is 18.1 Å². The van der Waals surface area contributed by atoms with E-state index in [9.17, 15) is 28.0 Å². The number of carbonyl (C=O) groups excluding carboxylic acids is 2. The van der Waals surface area contributed by atoms with Gasteiger partial charge in [0.15, 0.2) is 0 Å². The molecule has 5 nitrogen and oxygen atoms in total. The van der Waals surface area contributed by atoms with Gasteiger partial charge in [0.2, 0.25) is 0 Å². The number of carbonyl (C=O) groups is 2. The van der Waals surface area contributed by atoms with Gasteiger partial charge in [0.1, 0.15) is 5.60 Å². The fourth-order valence-corrected chi connectivity index (χ4v) is 2.88. The molecule has 0 aliphatic carbocycles. The van der Waals surface area contributed by atoms with Gasteiger partial charge in [-0.25, -0.2) is 0 Å². The maximum Gasteiger partial charge on any atom is 0.471 e. The smallest absolute Gasteiger partial charge is 0.460 e. The maximum absolute atomic E-state index is 12.6. The molecule has 0 aromatic heterocycles. The first-order valence-corrected chi connectivity index (χ1v) is 8.04. The molecule has 8 heteroatoms. The van der Waals surface area contributed by atoms with E-state index in [0.29, 0.717) is 16.7 Å². The van der Waals surface area contributed by atoms with E-state index in [-0.39, 0.29) is 31.5 Å². The topological polar surface area (TPSA) is 70.4 Å². The molecule has 0 saturated heterocycles. The first-order valence-electron chi connectivity index (χ1n) is 8.04. The van der Waals surface area contributed by atoms with Crippen LogP contribution in [0.5, 0.6) is 0 Å². The summed E-state index contributed by atoms with van der Waals surface area (Å²) < 4.78 is 43.1. The van der Waals surface area contributed by atoms with Crippen molar-refractivity contribution in [1.29, 1.82) is 5.26 Å². The van der Waals surface area contributed by atoms with E-state index in [2.05, 4.69) is 0 Å². The quantitative estimate of drug-likeness (QED) is 0.753. The van der Waals surface area contributed by atoms with Gasteiger partial charge in [0.05, 0.1) is 18.1 Å². The summed E-state index contributed by atoms with van der Waals surface area (Å²) in [7, 11) is 0. The van der Waals surface area contributed by atoms with Crippen molar-refractivity contribution in [3.63, 3.8) is 0 Å². The van der Waals surface area contributed by atoms with Crippen molar-refractivity contribution in [2.45, 2.75) is 51.9 Å². The van der Waals surface area contributed by atoms with E-state index < -0.39 is 23.7 Å². The molecule has 0 saturated carbocycles. The number of rotatable bonds is 2. The predicted molar refractivity (Wildman–Crippen MR) is 85.9 cm³/mol. The van der Waals surface area contributed by atoms with Crippen LogP contribution in [-0.2, 0) is 33.7 Å². The highest BCUT2D eigenvalue weighted by Crippen LogP contribution is 2.28. The average molecular weight is 368 g/mol. The summed E-state index contributed by atoms with van der Waals surface area (Å²) in [6.45, 7) is 4.85. The largest absolute Gasteiger partial charge is 0.471 e. The van der Waals surface area contributed by atoms with E-state index in [1.54, 1.807) is 26.8 Å². The number of alkyl halides is 3. The van der Waals surface area contributed by atoms with Gasteiger partial charge in [0.25, 0.3) is 0 Å². The SMILES string of the molecule is CC(C)(C)OC(=O)Cc1ccc2c(c1C#N)CCN(C(=O)C(F)(F)F)C2. The van der Waals surface area contributed by atoms with Crippen molar-refractivity contribution in [3.05, 3.63) is 34.4 Å². The minimum absolute atomic E-state index is 0.0986. The Morgan fingerprint density at radius 1 is 1.27 bits per heavy atom. The molecule has 0 fully saturated rings. The van der Waals surface area contributed by atoms with Crippen molar-refractivity contribution in [3.8, 4) is 6.07 Å². The zero-order valence-electron chi connectivity index (χ0n) is 14.7. The van der Waals surface area contributed by atoms with Gasteiger partial charge in [-0.05, 0) is 43.9 Å². The number of ether oxygens (including phenoxy) is 1. The van der Waals surface area contributed by atoms with E-state index in [1.807, 2.05) is 6.07 Å². The second-order valence-electron chi connectivity index (χ2n) is 7.09. The lowest BCUT2D eigenvalue weighted by molar-refractivity contribution is -0.186. The van der Waals surface area contributed by atoms with Gasteiger partial charge in [-0.1, -0.05) is 12.1 Å². The third-order valence-corrected chi connectivity index (χ3v) is 3.89. The van der Waals surface area contributed by atoms with E-state index in [4.69, 9.17) is 4.74 Å². The Hall–Kier alpha value is -2.56. The highest BCUT2D eigenvalue weighted by Gasteiger charge is 2.43. The van der Waals surface area contributed by atoms with Crippen LogP contribution in [0.1, 0.15) is 43.0 Å². The highest BCUT2D eigenvalue weighted by atomic mass is 19.4. The lowest BCUT2D eigenvalue weighted by Crippen LogP contribution is -2.43. The van der Waals surface area contributed by atoms with Crippen LogP contribution in [0.15, 0.2) is 12.1 Å². The Morgan fingerprint density at radius 3 is 2.46 bits per heavy atom. The number of nitriles is 1. The molecule has 2 rings (SSSR count). The number of esters is 1. The van der Waals surface area contributed by atoms with Gasteiger partial charge in [-0.2, -0.15) is 18.4 Å². The molecule has 26 heavy (non-hydrogen) atoms. The van der Waals surface area contributed by atoms with Crippen molar-refractivity contribution in [2.24, 2.45) is 0 Å². The molecule has 0 N–H and O–H groups in total. The molecule has 1 heterocycles. The molecule has 1 aromatic rings. The number of hydrogen-bond acceptors (Lipinski definition) is 4. The molecule has 0 bridgehead atoms. The summed E-state index contributed by atoms with van der Waals surface area (Å²) in [6, 6.07) is 5.12. The lowest BCUT2D eigenvalue weighted by Gasteiger charge is -2.30. The van der Waals surface area contributed by atoms with E-state index >= 15 is 0 Å². The zero-order valence-corrected chi connectivity index (χ0v) is 14.7. The van der Waals surface area contributed by atoms with Crippen molar-refractivity contribution in [2.75, 3.05) is 6.54 Å². The van der Waals surface area contributed by atoms with Crippen LogP contribution in [0.25, 0.3) is 0 Å². The fourth-order valence-electron chi connectivity index (χ4n) is 2.88. The molecule has 140 valence electrons. The molecule has 0 atom stereocenters. The second-order valence-corrected chi connectivity index (χ2v) is 7.09. The number of hydrogen-bond donors (Lipinski definition) is 0. The highest BCUT2D eigenvalue weighted by molar-refractivity contribution is 5.82. The Kier molecular flexibility index (Phi) is 5.31. The number of nitrogens with zero attached hydrogens (tertiary/aromatic N) is 2. The standard InChI is InChI=1S/C18H19F3N2O3/c1-17(2,3)26-15(24)8-11-4-5-12-10-23(16(25)18(19,20)21)7-6-13(12)14(11)9-22/h4-5H,6-8,10H2,1-3H3. The summed E-state index contributed by atoms with van der Waals surface area (Å²) in [4.78, 5) is 24.1. The third kappa shape index (κ3) is 4.54. The Labute approximate surface area is 149 Å². The average Bonchev–Trinajstić information content (AvgIpc) is 2.50. The molecule has 0 unspecified atom stereocenters. The van der Waals surface area contributed by atoms with E-state index in [0.717, 1.165) is 4.90 Å². The van der Waals surface area contributed by atoms with Crippen molar-refractivity contribution in [1.82, 2.24) is 4.90 Å². The number of amides is 1. The minimum atomic E-state index is -4.92. The second kappa shape index (κ2) is 6.98. The molecule has 1 aromatic carbocycles. The maximum atomic E-state index is 12.6. The Morgan fingerprint density at radius 2 is 1.92 bits per heavy atom. The van der Waals surface area contributed by atoms with Crippen LogP contribution < -0.4 is 0 Å². The number of fused-ring (bicyclic) bond motifs is 1. The Bertz CT molecular complexity index is 774. The number of halogens is 3. The van der Waals surface area contributed by atoms with Crippen LogP contribution in [0.4, 0.5) is 13.2 Å². The molecular weight excluding hydrogens is 349 g/mol. The van der Waals surface area contributed by atoms with Crippen LogP contribution in [0, 0.1) is 11.3 Å². The molecule has 1 aliphatic rings.